The average molecular weight is 463 g/mol. The van der Waals surface area contributed by atoms with Gasteiger partial charge in [-0.25, -0.2) is 8.42 Å². The Labute approximate surface area is 189 Å². The lowest BCUT2D eigenvalue weighted by Gasteiger charge is -2.27. The van der Waals surface area contributed by atoms with Crippen LogP contribution in [0.15, 0.2) is 41.3 Å². The highest BCUT2D eigenvalue weighted by Crippen LogP contribution is 2.30. The first-order valence-electron chi connectivity index (χ1n) is 10.6. The van der Waals surface area contributed by atoms with Crippen LogP contribution in [0.3, 0.4) is 0 Å². The highest BCUT2D eigenvalue weighted by Gasteiger charge is 2.29. The van der Waals surface area contributed by atoms with Crippen molar-refractivity contribution in [1.82, 2.24) is 9.62 Å². The molecule has 0 aliphatic carbocycles. The van der Waals surface area contributed by atoms with Crippen molar-refractivity contribution in [2.75, 3.05) is 40.5 Å². The first-order chi connectivity index (χ1) is 15.3. The average Bonchev–Trinajstić information content (AvgIpc) is 2.83. The van der Waals surface area contributed by atoms with E-state index in [1.165, 1.54) is 10.4 Å². The number of morpholine rings is 1. The van der Waals surface area contributed by atoms with Gasteiger partial charge in [0.05, 0.1) is 38.4 Å². The van der Waals surface area contributed by atoms with E-state index in [-0.39, 0.29) is 16.4 Å². The number of hydrogen-bond acceptors (Lipinski definition) is 6. The van der Waals surface area contributed by atoms with Crippen LogP contribution in [0.1, 0.15) is 41.4 Å². The number of ether oxygens (including phenoxy) is 3. The summed E-state index contributed by atoms with van der Waals surface area (Å²) in [6.07, 6.45) is 0.540. The quantitative estimate of drug-likeness (QED) is 0.648. The van der Waals surface area contributed by atoms with Crippen LogP contribution in [-0.2, 0) is 21.2 Å². The monoisotopic (exact) mass is 462 g/mol. The summed E-state index contributed by atoms with van der Waals surface area (Å²) in [5.74, 6) is 0.895. The molecule has 1 fully saturated rings. The van der Waals surface area contributed by atoms with Gasteiger partial charge in [0.2, 0.25) is 10.0 Å². The van der Waals surface area contributed by atoms with Gasteiger partial charge in [-0.15, -0.1) is 0 Å². The van der Waals surface area contributed by atoms with Crippen molar-refractivity contribution in [1.29, 1.82) is 0 Å². The third kappa shape index (κ3) is 5.06. The van der Waals surface area contributed by atoms with E-state index in [4.69, 9.17) is 14.2 Å². The lowest BCUT2D eigenvalue weighted by Crippen LogP contribution is -2.41. The van der Waals surface area contributed by atoms with Crippen molar-refractivity contribution in [3.63, 3.8) is 0 Å². The molecule has 0 radical (unpaired) electrons. The molecule has 0 aromatic heterocycles. The summed E-state index contributed by atoms with van der Waals surface area (Å²) in [4.78, 5) is 13.2. The molecule has 1 saturated heterocycles. The maximum absolute atomic E-state index is 13.2. The predicted octanol–water partition coefficient (Wildman–Crippen LogP) is 2.78. The van der Waals surface area contributed by atoms with E-state index in [1.54, 1.807) is 44.6 Å². The number of sulfonamides is 1. The minimum atomic E-state index is -3.72. The number of amides is 1. The number of rotatable bonds is 8. The molecule has 3 rings (SSSR count). The van der Waals surface area contributed by atoms with Crippen molar-refractivity contribution >= 4 is 15.9 Å². The standard InChI is InChI=1S/C23H30N2O6S/c1-5-17-6-7-18(14-22(17)32(27,28)25-10-12-31-13-11-25)23(26)24-16(2)20-15-19(29-3)8-9-21(20)30-4/h6-9,14-16H,5,10-13H2,1-4H3,(H,24,26). The Kier molecular flexibility index (Phi) is 7.76. The molecule has 32 heavy (non-hydrogen) atoms. The summed E-state index contributed by atoms with van der Waals surface area (Å²) >= 11 is 0. The predicted molar refractivity (Wildman–Crippen MR) is 121 cm³/mol. The van der Waals surface area contributed by atoms with E-state index >= 15 is 0 Å². The largest absolute Gasteiger partial charge is 0.497 e. The van der Waals surface area contributed by atoms with Gasteiger partial charge >= 0.3 is 0 Å². The van der Waals surface area contributed by atoms with Crippen LogP contribution in [0.25, 0.3) is 0 Å². The number of nitrogens with zero attached hydrogens (tertiary/aromatic N) is 1. The molecular formula is C23H30N2O6S. The summed E-state index contributed by atoms with van der Waals surface area (Å²) in [7, 11) is -0.593. The Morgan fingerprint density at radius 1 is 1.12 bits per heavy atom. The molecule has 1 atom stereocenters. The second kappa shape index (κ2) is 10.3. The molecule has 2 aromatic rings. The zero-order valence-electron chi connectivity index (χ0n) is 18.9. The van der Waals surface area contributed by atoms with Gasteiger partial charge in [0.25, 0.3) is 5.91 Å². The first kappa shape index (κ1) is 24.0. The van der Waals surface area contributed by atoms with Gasteiger partial charge in [0.1, 0.15) is 11.5 Å². The van der Waals surface area contributed by atoms with E-state index in [9.17, 15) is 13.2 Å². The molecule has 1 unspecified atom stereocenters. The molecule has 1 heterocycles. The fourth-order valence-corrected chi connectivity index (χ4v) is 5.42. The zero-order valence-corrected chi connectivity index (χ0v) is 19.7. The van der Waals surface area contributed by atoms with Gasteiger partial charge < -0.3 is 19.5 Å². The molecule has 2 aromatic carbocycles. The number of carbonyl (C=O) groups is 1. The topological polar surface area (TPSA) is 94.2 Å². The summed E-state index contributed by atoms with van der Waals surface area (Å²) in [6.45, 7) is 5.05. The maximum Gasteiger partial charge on any atom is 0.251 e. The number of aryl methyl sites for hydroxylation is 1. The van der Waals surface area contributed by atoms with Gasteiger partial charge in [-0.3, -0.25) is 4.79 Å². The van der Waals surface area contributed by atoms with Gasteiger partial charge in [-0.05, 0) is 49.2 Å². The zero-order chi connectivity index (χ0) is 23.3. The molecule has 1 N–H and O–H groups in total. The van der Waals surface area contributed by atoms with Crippen molar-refractivity contribution < 1.29 is 27.4 Å². The maximum atomic E-state index is 13.2. The van der Waals surface area contributed by atoms with Crippen molar-refractivity contribution in [3.05, 3.63) is 53.1 Å². The molecule has 0 saturated carbocycles. The third-order valence-electron chi connectivity index (χ3n) is 5.55. The smallest absolute Gasteiger partial charge is 0.251 e. The Balaban J connectivity index is 1.88. The van der Waals surface area contributed by atoms with Gasteiger partial charge in [-0.1, -0.05) is 13.0 Å². The number of nitrogens with one attached hydrogen (secondary N) is 1. The summed E-state index contributed by atoms with van der Waals surface area (Å²) in [5.41, 5.74) is 1.71. The Morgan fingerprint density at radius 3 is 2.47 bits per heavy atom. The van der Waals surface area contributed by atoms with Gasteiger partial charge in [0, 0.05) is 24.2 Å². The highest BCUT2D eigenvalue weighted by atomic mass is 32.2. The van der Waals surface area contributed by atoms with Gasteiger partial charge in [-0.2, -0.15) is 4.31 Å². The fraction of sp³-hybridized carbons (Fsp3) is 0.435. The van der Waals surface area contributed by atoms with E-state index < -0.39 is 16.1 Å². The van der Waals surface area contributed by atoms with Crippen molar-refractivity contribution in [2.24, 2.45) is 0 Å². The van der Waals surface area contributed by atoms with Crippen LogP contribution in [0.5, 0.6) is 11.5 Å². The van der Waals surface area contributed by atoms with E-state index in [0.29, 0.717) is 49.8 Å². The Bertz CT molecular complexity index is 1060. The van der Waals surface area contributed by atoms with Crippen LogP contribution in [0.2, 0.25) is 0 Å². The van der Waals surface area contributed by atoms with Crippen molar-refractivity contribution in [2.45, 2.75) is 31.2 Å². The molecule has 0 bridgehead atoms. The molecule has 1 amide bonds. The molecule has 1 aliphatic heterocycles. The lowest BCUT2D eigenvalue weighted by molar-refractivity contribution is 0.0730. The van der Waals surface area contributed by atoms with Crippen LogP contribution >= 0.6 is 0 Å². The molecule has 1 aliphatic rings. The minimum Gasteiger partial charge on any atom is -0.497 e. The highest BCUT2D eigenvalue weighted by molar-refractivity contribution is 7.89. The number of hydrogen-bond donors (Lipinski definition) is 1. The fourth-order valence-electron chi connectivity index (χ4n) is 3.69. The summed E-state index contributed by atoms with van der Waals surface area (Å²) in [6, 6.07) is 9.80. The molecular weight excluding hydrogens is 432 g/mol. The van der Waals surface area contributed by atoms with E-state index in [0.717, 1.165) is 5.56 Å². The third-order valence-corrected chi connectivity index (χ3v) is 7.53. The van der Waals surface area contributed by atoms with E-state index in [1.807, 2.05) is 13.8 Å². The SMILES string of the molecule is CCc1ccc(C(=O)NC(C)c2cc(OC)ccc2OC)cc1S(=O)(=O)N1CCOCC1. The molecule has 8 nitrogen and oxygen atoms in total. The van der Waals surface area contributed by atoms with Crippen LogP contribution < -0.4 is 14.8 Å². The van der Waals surface area contributed by atoms with Gasteiger partial charge in [0.15, 0.2) is 0 Å². The van der Waals surface area contributed by atoms with Crippen LogP contribution in [0.4, 0.5) is 0 Å². The van der Waals surface area contributed by atoms with Crippen LogP contribution in [0, 0.1) is 0 Å². The van der Waals surface area contributed by atoms with Crippen molar-refractivity contribution in [3.8, 4) is 11.5 Å². The number of benzene rings is 2. The Morgan fingerprint density at radius 2 is 1.84 bits per heavy atom. The Hall–Kier alpha value is -2.62. The molecule has 174 valence electrons. The lowest BCUT2D eigenvalue weighted by atomic mass is 10.1. The molecule has 0 spiro atoms. The van der Waals surface area contributed by atoms with Crippen LogP contribution in [-0.4, -0.2) is 59.2 Å². The summed E-state index contributed by atoms with van der Waals surface area (Å²) < 4.78 is 43.9. The summed E-state index contributed by atoms with van der Waals surface area (Å²) in [5, 5.41) is 2.93. The van der Waals surface area contributed by atoms with E-state index in [2.05, 4.69) is 5.32 Å². The normalized spacial score (nSPS) is 15.8. The first-order valence-corrected chi connectivity index (χ1v) is 12.0. The second-order valence-electron chi connectivity index (χ2n) is 7.50. The number of methoxy groups -OCH3 is 2. The second-order valence-corrected chi connectivity index (χ2v) is 9.40. The minimum absolute atomic E-state index is 0.168. The number of carbonyl (C=O) groups excluding carboxylic acids is 1. The molecule has 9 heteroatoms.